The molecule has 2 N–H and O–H groups in total. The van der Waals surface area contributed by atoms with E-state index in [0.717, 1.165) is 26.1 Å². The molecule has 0 aliphatic heterocycles. The number of nitrogens with two attached hydrogens (primary N) is 1. The summed E-state index contributed by atoms with van der Waals surface area (Å²) in [6.45, 7) is 9.18. The van der Waals surface area contributed by atoms with Crippen molar-refractivity contribution in [2.45, 2.75) is 27.2 Å². The molecule has 0 radical (unpaired) electrons. The minimum absolute atomic E-state index is 0.00519. The number of nitrogens with zero attached hydrogens (tertiary/aromatic N) is 1. The number of rotatable bonds is 6. The number of carbonyl (C=O) groups excluding carboxylic acids is 1. The summed E-state index contributed by atoms with van der Waals surface area (Å²) >= 11 is 0. The van der Waals surface area contributed by atoms with Gasteiger partial charge in [0.25, 0.3) is 0 Å². The van der Waals surface area contributed by atoms with Crippen LogP contribution in [0.3, 0.4) is 0 Å². The second-order valence-corrected chi connectivity index (χ2v) is 3.12. The molecule has 0 aliphatic carbocycles. The fraction of sp³-hybridized carbons (Fsp3) is 0.889. The van der Waals surface area contributed by atoms with E-state index >= 15 is 0 Å². The van der Waals surface area contributed by atoms with E-state index < -0.39 is 0 Å². The van der Waals surface area contributed by atoms with E-state index in [2.05, 4.69) is 18.7 Å². The summed E-state index contributed by atoms with van der Waals surface area (Å²) in [5.74, 6) is -0.187. The minimum Gasteiger partial charge on any atom is -0.369 e. The lowest BCUT2D eigenvalue weighted by molar-refractivity contribution is -0.121. The highest BCUT2D eigenvalue weighted by Crippen LogP contribution is 2.02. The first kappa shape index (κ1) is 11.4. The fourth-order valence-corrected chi connectivity index (χ4v) is 1.06. The largest absolute Gasteiger partial charge is 0.369 e. The SMILES string of the molecule is CCN(CC)CCC(C)C(N)=O. The van der Waals surface area contributed by atoms with Crippen LogP contribution in [0.4, 0.5) is 0 Å². The number of hydrogen-bond donors (Lipinski definition) is 1. The molecule has 1 unspecified atom stereocenters. The zero-order valence-corrected chi connectivity index (χ0v) is 8.34. The number of hydrogen-bond acceptors (Lipinski definition) is 2. The minimum atomic E-state index is -0.192. The van der Waals surface area contributed by atoms with E-state index in [4.69, 9.17) is 5.73 Å². The second-order valence-electron chi connectivity index (χ2n) is 3.12. The molecule has 0 fully saturated rings. The van der Waals surface area contributed by atoms with Gasteiger partial charge in [-0.3, -0.25) is 4.79 Å². The lowest BCUT2D eigenvalue weighted by Crippen LogP contribution is -2.29. The highest BCUT2D eigenvalue weighted by Gasteiger charge is 2.09. The summed E-state index contributed by atoms with van der Waals surface area (Å²) in [6.07, 6.45) is 0.872. The Labute approximate surface area is 74.9 Å². The summed E-state index contributed by atoms with van der Waals surface area (Å²) in [4.78, 5) is 13.0. The fourth-order valence-electron chi connectivity index (χ4n) is 1.06. The van der Waals surface area contributed by atoms with Crippen molar-refractivity contribution in [2.24, 2.45) is 11.7 Å². The molecular formula is C9H20N2O. The maximum absolute atomic E-state index is 10.7. The normalized spacial score (nSPS) is 13.3. The Hall–Kier alpha value is -0.570. The molecule has 3 nitrogen and oxygen atoms in total. The Bertz CT molecular complexity index is 132. The summed E-state index contributed by atoms with van der Waals surface area (Å²) in [5.41, 5.74) is 5.15. The van der Waals surface area contributed by atoms with Crippen molar-refractivity contribution in [3.63, 3.8) is 0 Å². The molecule has 0 aliphatic rings. The lowest BCUT2D eigenvalue weighted by atomic mass is 10.1. The molecule has 0 rings (SSSR count). The maximum atomic E-state index is 10.7. The molecule has 0 saturated heterocycles. The summed E-state index contributed by atoms with van der Waals surface area (Å²) < 4.78 is 0. The van der Waals surface area contributed by atoms with Crippen LogP contribution in [0.1, 0.15) is 27.2 Å². The summed E-state index contributed by atoms with van der Waals surface area (Å²) in [7, 11) is 0. The van der Waals surface area contributed by atoms with Gasteiger partial charge in [0.05, 0.1) is 0 Å². The van der Waals surface area contributed by atoms with Gasteiger partial charge in [-0.1, -0.05) is 20.8 Å². The molecule has 0 bridgehead atoms. The molecule has 0 aromatic carbocycles. The Morgan fingerprint density at radius 2 is 1.92 bits per heavy atom. The second kappa shape index (κ2) is 6.00. The van der Waals surface area contributed by atoms with Gasteiger partial charge >= 0.3 is 0 Å². The average molecular weight is 172 g/mol. The summed E-state index contributed by atoms with van der Waals surface area (Å²) in [6, 6.07) is 0. The highest BCUT2D eigenvalue weighted by molar-refractivity contribution is 5.76. The summed E-state index contributed by atoms with van der Waals surface area (Å²) in [5, 5.41) is 0. The number of primary amides is 1. The molecule has 3 heteroatoms. The standard InChI is InChI=1S/C9H20N2O/c1-4-11(5-2)7-6-8(3)9(10)12/h8H,4-7H2,1-3H3,(H2,10,12). The van der Waals surface area contributed by atoms with Crippen LogP contribution in [0.5, 0.6) is 0 Å². The molecule has 72 valence electrons. The Morgan fingerprint density at radius 1 is 1.42 bits per heavy atom. The van der Waals surface area contributed by atoms with Crippen LogP contribution in [0, 0.1) is 5.92 Å². The third kappa shape index (κ3) is 4.34. The quantitative estimate of drug-likeness (QED) is 0.645. The van der Waals surface area contributed by atoms with Crippen molar-refractivity contribution >= 4 is 5.91 Å². The Morgan fingerprint density at radius 3 is 2.25 bits per heavy atom. The van der Waals surface area contributed by atoms with Crippen LogP contribution >= 0.6 is 0 Å². The van der Waals surface area contributed by atoms with Crippen molar-refractivity contribution in [1.29, 1.82) is 0 Å². The van der Waals surface area contributed by atoms with Crippen molar-refractivity contribution in [3.05, 3.63) is 0 Å². The molecule has 0 aromatic rings. The Balaban J connectivity index is 3.58. The van der Waals surface area contributed by atoms with Crippen molar-refractivity contribution in [2.75, 3.05) is 19.6 Å². The van der Waals surface area contributed by atoms with Crippen LogP contribution in [-0.4, -0.2) is 30.4 Å². The third-order valence-corrected chi connectivity index (χ3v) is 2.26. The van der Waals surface area contributed by atoms with E-state index in [9.17, 15) is 4.79 Å². The van der Waals surface area contributed by atoms with Gasteiger partial charge in [-0.15, -0.1) is 0 Å². The lowest BCUT2D eigenvalue weighted by Gasteiger charge is -2.19. The topological polar surface area (TPSA) is 46.3 Å². The van der Waals surface area contributed by atoms with Gasteiger partial charge in [0, 0.05) is 5.92 Å². The molecular weight excluding hydrogens is 152 g/mol. The van der Waals surface area contributed by atoms with Gasteiger partial charge in [-0.05, 0) is 26.1 Å². The number of carbonyl (C=O) groups is 1. The third-order valence-electron chi connectivity index (χ3n) is 2.26. The van der Waals surface area contributed by atoms with E-state index in [1.807, 2.05) is 6.92 Å². The van der Waals surface area contributed by atoms with Crippen molar-refractivity contribution in [3.8, 4) is 0 Å². The van der Waals surface area contributed by atoms with Crippen LogP contribution < -0.4 is 5.73 Å². The molecule has 1 amide bonds. The van der Waals surface area contributed by atoms with Gasteiger partial charge in [0.1, 0.15) is 0 Å². The molecule has 0 spiro atoms. The van der Waals surface area contributed by atoms with Gasteiger partial charge in [-0.2, -0.15) is 0 Å². The van der Waals surface area contributed by atoms with Gasteiger partial charge in [-0.25, -0.2) is 0 Å². The first-order valence-corrected chi connectivity index (χ1v) is 4.63. The van der Waals surface area contributed by atoms with Crippen LogP contribution in [0.15, 0.2) is 0 Å². The zero-order valence-electron chi connectivity index (χ0n) is 8.34. The van der Waals surface area contributed by atoms with Gasteiger partial charge < -0.3 is 10.6 Å². The van der Waals surface area contributed by atoms with Crippen molar-refractivity contribution < 1.29 is 4.79 Å². The van der Waals surface area contributed by atoms with Crippen molar-refractivity contribution in [1.82, 2.24) is 4.90 Å². The smallest absolute Gasteiger partial charge is 0.220 e. The van der Waals surface area contributed by atoms with Crippen LogP contribution in [0.2, 0.25) is 0 Å². The maximum Gasteiger partial charge on any atom is 0.220 e. The van der Waals surface area contributed by atoms with Gasteiger partial charge in [0.2, 0.25) is 5.91 Å². The van der Waals surface area contributed by atoms with Gasteiger partial charge in [0.15, 0.2) is 0 Å². The Kier molecular flexibility index (Phi) is 5.72. The first-order chi connectivity index (χ1) is 5.61. The monoisotopic (exact) mass is 172 g/mol. The molecule has 0 heterocycles. The van der Waals surface area contributed by atoms with Crippen LogP contribution in [0.25, 0.3) is 0 Å². The van der Waals surface area contributed by atoms with Crippen LogP contribution in [-0.2, 0) is 4.79 Å². The van der Waals surface area contributed by atoms with E-state index in [1.165, 1.54) is 0 Å². The zero-order chi connectivity index (χ0) is 9.56. The first-order valence-electron chi connectivity index (χ1n) is 4.63. The molecule has 12 heavy (non-hydrogen) atoms. The predicted octanol–water partition coefficient (Wildman–Crippen LogP) is 0.840. The van der Waals surface area contributed by atoms with E-state index in [0.29, 0.717) is 0 Å². The van der Waals surface area contributed by atoms with E-state index in [1.54, 1.807) is 0 Å². The molecule has 0 aromatic heterocycles. The average Bonchev–Trinajstić information content (AvgIpc) is 2.05. The predicted molar refractivity (Wildman–Crippen MR) is 50.8 cm³/mol. The number of amides is 1. The molecule has 0 saturated carbocycles. The highest BCUT2D eigenvalue weighted by atomic mass is 16.1. The van der Waals surface area contributed by atoms with E-state index in [-0.39, 0.29) is 11.8 Å². The molecule has 1 atom stereocenters.